The fourth-order valence-corrected chi connectivity index (χ4v) is 4.20. The Kier molecular flexibility index (Phi) is 6.13. The van der Waals surface area contributed by atoms with Crippen molar-refractivity contribution < 1.29 is 23.8 Å². The smallest absolute Gasteiger partial charge is 0.335 e. The molecule has 1 aliphatic heterocycles. The first kappa shape index (κ1) is 21.5. The van der Waals surface area contributed by atoms with Gasteiger partial charge in [0.2, 0.25) is 0 Å². The van der Waals surface area contributed by atoms with E-state index in [0.717, 1.165) is 11.4 Å². The summed E-state index contributed by atoms with van der Waals surface area (Å²) in [7, 11) is 1.60. The third-order valence-corrected chi connectivity index (χ3v) is 5.80. The van der Waals surface area contributed by atoms with Crippen molar-refractivity contribution >= 4 is 40.6 Å². The Morgan fingerprint density at radius 1 is 1.19 bits per heavy atom. The predicted molar refractivity (Wildman–Crippen MR) is 124 cm³/mol. The molecule has 1 aliphatic rings. The fraction of sp³-hybridized carbons (Fsp3) is 0.125. The van der Waals surface area contributed by atoms with Gasteiger partial charge in [0.1, 0.15) is 17.3 Å². The van der Waals surface area contributed by atoms with Gasteiger partial charge in [0.25, 0.3) is 5.91 Å². The van der Waals surface area contributed by atoms with Gasteiger partial charge >= 0.3 is 5.97 Å². The number of amidine groups is 1. The molecule has 0 saturated carbocycles. The monoisotopic (exact) mass is 448 g/mol. The molecule has 0 bridgehead atoms. The number of aliphatic imine (C=N–C) groups is 1. The number of aromatic carboxylic acids is 1. The first-order valence-electron chi connectivity index (χ1n) is 9.86. The molecule has 0 unspecified atom stereocenters. The number of thioether (sulfide) groups is 1. The summed E-state index contributed by atoms with van der Waals surface area (Å²) in [6.07, 6.45) is 1.68. The predicted octanol–water partition coefficient (Wildman–Crippen LogP) is 5.28. The summed E-state index contributed by atoms with van der Waals surface area (Å²) in [6, 6.07) is 17.3. The van der Waals surface area contributed by atoms with Gasteiger partial charge in [-0.05, 0) is 67.2 Å². The van der Waals surface area contributed by atoms with Crippen molar-refractivity contribution in [1.82, 2.24) is 4.90 Å². The Balaban J connectivity index is 1.59. The number of carboxylic acids is 1. The van der Waals surface area contributed by atoms with Crippen LogP contribution in [0.15, 0.2) is 75.0 Å². The molecule has 2 aromatic carbocycles. The van der Waals surface area contributed by atoms with Crippen LogP contribution in [-0.2, 0) is 4.79 Å². The quantitative estimate of drug-likeness (QED) is 0.516. The normalized spacial score (nSPS) is 16.2. The van der Waals surface area contributed by atoms with Crippen LogP contribution in [0, 0.1) is 0 Å². The largest absolute Gasteiger partial charge is 0.497 e. The van der Waals surface area contributed by atoms with E-state index in [2.05, 4.69) is 4.99 Å². The minimum Gasteiger partial charge on any atom is -0.497 e. The third kappa shape index (κ3) is 4.45. The Morgan fingerprint density at radius 3 is 2.66 bits per heavy atom. The molecule has 2 heterocycles. The van der Waals surface area contributed by atoms with Gasteiger partial charge in [0.05, 0.1) is 23.3 Å². The molecule has 0 radical (unpaired) electrons. The summed E-state index contributed by atoms with van der Waals surface area (Å²) >= 11 is 1.28. The Hall–Kier alpha value is -3.78. The molecule has 0 aliphatic carbocycles. The summed E-state index contributed by atoms with van der Waals surface area (Å²) in [5.74, 6) is 0.611. The second-order valence-corrected chi connectivity index (χ2v) is 7.85. The molecule has 1 N–H and O–H groups in total. The lowest BCUT2D eigenvalue weighted by Gasteiger charge is -2.12. The number of likely N-dealkylation sites (N-methyl/N-ethyl adjacent to an activating group) is 1. The van der Waals surface area contributed by atoms with Crippen LogP contribution in [0.3, 0.4) is 0 Å². The van der Waals surface area contributed by atoms with E-state index in [1.54, 1.807) is 48.4 Å². The molecule has 8 heteroatoms. The first-order valence-corrected chi connectivity index (χ1v) is 10.7. The third-order valence-electron chi connectivity index (χ3n) is 4.80. The van der Waals surface area contributed by atoms with Crippen molar-refractivity contribution in [3.8, 4) is 17.1 Å². The highest BCUT2D eigenvalue weighted by atomic mass is 32.2. The molecule has 0 spiro atoms. The number of ether oxygens (including phenoxy) is 1. The Labute approximate surface area is 189 Å². The van der Waals surface area contributed by atoms with Gasteiger partial charge in [-0.25, -0.2) is 9.79 Å². The highest BCUT2D eigenvalue weighted by molar-refractivity contribution is 8.18. The van der Waals surface area contributed by atoms with E-state index < -0.39 is 5.97 Å². The van der Waals surface area contributed by atoms with E-state index in [9.17, 15) is 14.7 Å². The Morgan fingerprint density at radius 2 is 1.97 bits per heavy atom. The minimum atomic E-state index is -1.00. The van der Waals surface area contributed by atoms with Crippen LogP contribution in [0.25, 0.3) is 17.4 Å². The number of rotatable bonds is 6. The van der Waals surface area contributed by atoms with E-state index in [1.165, 1.54) is 17.8 Å². The van der Waals surface area contributed by atoms with Crippen LogP contribution in [0.1, 0.15) is 23.0 Å². The highest BCUT2D eigenvalue weighted by Crippen LogP contribution is 2.35. The number of carbonyl (C=O) groups is 2. The Bertz CT molecular complexity index is 1230. The number of hydrogen-bond donors (Lipinski definition) is 1. The number of carbonyl (C=O) groups excluding carboxylic acids is 1. The van der Waals surface area contributed by atoms with Gasteiger partial charge < -0.3 is 14.3 Å². The van der Waals surface area contributed by atoms with Crippen LogP contribution >= 0.6 is 11.8 Å². The lowest BCUT2D eigenvalue weighted by Crippen LogP contribution is -2.28. The van der Waals surface area contributed by atoms with Gasteiger partial charge in [-0.1, -0.05) is 12.1 Å². The lowest BCUT2D eigenvalue weighted by atomic mass is 10.1. The molecule has 1 amide bonds. The van der Waals surface area contributed by atoms with Crippen molar-refractivity contribution in [3.63, 3.8) is 0 Å². The number of hydrogen-bond acceptors (Lipinski definition) is 6. The zero-order chi connectivity index (χ0) is 22.7. The van der Waals surface area contributed by atoms with Crippen molar-refractivity contribution in [3.05, 3.63) is 76.9 Å². The average Bonchev–Trinajstić information content (AvgIpc) is 3.39. The van der Waals surface area contributed by atoms with Gasteiger partial charge in [0, 0.05) is 18.2 Å². The molecule has 1 fully saturated rings. The molecule has 7 nitrogen and oxygen atoms in total. The van der Waals surface area contributed by atoms with E-state index in [0.29, 0.717) is 33.7 Å². The summed E-state index contributed by atoms with van der Waals surface area (Å²) in [5, 5.41) is 9.78. The molecule has 1 saturated heterocycles. The van der Waals surface area contributed by atoms with Crippen LogP contribution in [-0.4, -0.2) is 40.7 Å². The van der Waals surface area contributed by atoms with Crippen LogP contribution in [0.2, 0.25) is 0 Å². The zero-order valence-electron chi connectivity index (χ0n) is 17.4. The van der Waals surface area contributed by atoms with Crippen molar-refractivity contribution in [2.45, 2.75) is 6.92 Å². The molecular formula is C24H20N2O5S. The second kappa shape index (κ2) is 9.15. The molecular weight excluding hydrogens is 428 g/mol. The number of methoxy groups -OCH3 is 1. The zero-order valence-corrected chi connectivity index (χ0v) is 18.3. The molecule has 32 heavy (non-hydrogen) atoms. The molecule has 0 atom stereocenters. The maximum absolute atomic E-state index is 12.9. The molecule has 3 aromatic rings. The number of nitrogens with zero attached hydrogens (tertiary/aromatic N) is 2. The van der Waals surface area contributed by atoms with Crippen molar-refractivity contribution in [2.24, 2.45) is 4.99 Å². The van der Waals surface area contributed by atoms with Crippen LogP contribution in [0.5, 0.6) is 5.75 Å². The second-order valence-electron chi connectivity index (χ2n) is 6.84. The van der Waals surface area contributed by atoms with E-state index >= 15 is 0 Å². The fourth-order valence-electron chi connectivity index (χ4n) is 3.16. The average molecular weight is 449 g/mol. The topological polar surface area (TPSA) is 92.3 Å². The number of benzene rings is 2. The maximum Gasteiger partial charge on any atom is 0.335 e. The lowest BCUT2D eigenvalue weighted by molar-refractivity contribution is -0.122. The van der Waals surface area contributed by atoms with Crippen LogP contribution in [0.4, 0.5) is 5.69 Å². The number of amides is 1. The number of carboxylic acid groups (broad SMARTS) is 1. The highest BCUT2D eigenvalue weighted by Gasteiger charge is 2.32. The van der Waals surface area contributed by atoms with Crippen molar-refractivity contribution in [1.29, 1.82) is 0 Å². The van der Waals surface area contributed by atoms with Gasteiger partial charge in [0.15, 0.2) is 5.17 Å². The SMILES string of the molecule is CCN1C(=O)/C(=C/c2ccc(-c3cccc(C(=O)O)c3)o2)SC1=Nc1ccc(OC)cc1. The standard InChI is InChI=1S/C24H20N2O5S/c1-3-26-22(27)21(32-24(26)25-17-7-9-18(30-2)10-8-17)14-19-11-12-20(31-19)15-5-4-6-16(13-15)23(28)29/h4-14H,3H2,1-2H3,(H,28,29)/b21-14-,25-24?. The first-order chi connectivity index (χ1) is 15.5. The van der Waals surface area contributed by atoms with E-state index in [4.69, 9.17) is 9.15 Å². The molecule has 1 aromatic heterocycles. The van der Waals surface area contributed by atoms with Gasteiger partial charge in [-0.15, -0.1) is 0 Å². The van der Waals surface area contributed by atoms with Gasteiger partial charge in [-0.2, -0.15) is 0 Å². The number of furan rings is 1. The maximum atomic E-state index is 12.9. The summed E-state index contributed by atoms with van der Waals surface area (Å²) < 4.78 is 11.0. The van der Waals surface area contributed by atoms with E-state index in [-0.39, 0.29) is 11.5 Å². The summed E-state index contributed by atoms with van der Waals surface area (Å²) in [5.41, 5.74) is 1.55. The molecule has 4 rings (SSSR count). The van der Waals surface area contributed by atoms with E-state index in [1.807, 2.05) is 31.2 Å². The van der Waals surface area contributed by atoms with Crippen LogP contribution < -0.4 is 4.74 Å². The molecule has 162 valence electrons. The summed E-state index contributed by atoms with van der Waals surface area (Å²) in [4.78, 5) is 30.8. The van der Waals surface area contributed by atoms with Crippen molar-refractivity contribution in [2.75, 3.05) is 13.7 Å². The minimum absolute atomic E-state index is 0.143. The van der Waals surface area contributed by atoms with Gasteiger partial charge in [-0.3, -0.25) is 9.69 Å². The summed E-state index contributed by atoms with van der Waals surface area (Å²) in [6.45, 7) is 2.38.